The van der Waals surface area contributed by atoms with Crippen molar-refractivity contribution in [1.29, 1.82) is 0 Å². The lowest BCUT2D eigenvalue weighted by molar-refractivity contribution is 0.410. The first-order chi connectivity index (χ1) is 57.0. The predicted molar refractivity (Wildman–Crippen MR) is 506 cm³/mol. The Morgan fingerprint density at radius 3 is 0.967 bits per heavy atom. The van der Waals surface area contributed by atoms with Gasteiger partial charge in [0, 0.05) is 83.7 Å². The normalized spacial score (nSPS) is 15.9. The summed E-state index contributed by atoms with van der Waals surface area (Å²) < 4.78 is 0. The van der Waals surface area contributed by atoms with Gasteiger partial charge in [-0.3, -0.25) is 15.0 Å². The van der Waals surface area contributed by atoms with Crippen molar-refractivity contribution < 1.29 is 0 Å². The molecule has 21 rings (SSSR count). The summed E-state index contributed by atoms with van der Waals surface area (Å²) in [6, 6.07) is 70.1. The summed E-state index contributed by atoms with van der Waals surface area (Å²) in [7, 11) is 0. The Labute approximate surface area is 713 Å². The number of hydrogen-bond acceptors (Lipinski definition) is 7. The molecule has 0 radical (unpaired) electrons. The van der Waals surface area contributed by atoms with Crippen LogP contribution in [0.3, 0.4) is 0 Å². The second-order valence-corrected chi connectivity index (χ2v) is 41.6. The van der Waals surface area contributed by atoms with E-state index in [4.69, 9.17) is 15.0 Å². The van der Waals surface area contributed by atoms with Gasteiger partial charge in [-0.05, 0) is 258 Å². The van der Waals surface area contributed by atoms with E-state index in [2.05, 4.69) is 360 Å². The Balaban J connectivity index is 0.000000107. The lowest BCUT2D eigenvalue weighted by Gasteiger charge is -2.35. The molecule has 0 atom stereocenters. The van der Waals surface area contributed by atoms with Crippen molar-refractivity contribution in [3.63, 3.8) is 0 Å². The van der Waals surface area contributed by atoms with E-state index >= 15 is 0 Å². The molecule has 15 aromatic rings. The molecular weight excluding hydrogens is 1460 g/mol. The summed E-state index contributed by atoms with van der Waals surface area (Å²) in [6.45, 7) is 50.6. The van der Waals surface area contributed by atoms with Crippen molar-refractivity contribution in [2.45, 2.75) is 237 Å². The van der Waals surface area contributed by atoms with Crippen LogP contribution in [-0.2, 0) is 52.8 Å². The minimum atomic E-state index is -0.0487. The van der Waals surface area contributed by atoms with Gasteiger partial charge in [0.25, 0.3) is 0 Å². The van der Waals surface area contributed by atoms with Crippen LogP contribution in [-0.4, -0.2) is 34.9 Å². The van der Waals surface area contributed by atoms with E-state index < -0.39 is 0 Å². The Morgan fingerprint density at radius 2 is 0.608 bits per heavy atom. The van der Waals surface area contributed by atoms with Crippen molar-refractivity contribution in [3.8, 4) is 55.9 Å². The highest BCUT2D eigenvalue weighted by Crippen LogP contribution is 2.55. The molecule has 1 fully saturated rings. The second-order valence-electron chi connectivity index (χ2n) is 41.6. The van der Waals surface area contributed by atoms with Gasteiger partial charge in [0.1, 0.15) is 12.7 Å². The Bertz CT molecular complexity index is 6580. The summed E-state index contributed by atoms with van der Waals surface area (Å²) >= 11 is 0. The smallest absolute Gasteiger partial charge is 0.116 e. The van der Waals surface area contributed by atoms with Crippen molar-refractivity contribution in [3.05, 3.63) is 314 Å². The molecule has 0 saturated heterocycles. The zero-order valence-corrected chi connectivity index (χ0v) is 75.3. The molecule has 5 heterocycles. The van der Waals surface area contributed by atoms with Crippen molar-refractivity contribution in [2.24, 2.45) is 22.7 Å². The Kier molecular flexibility index (Phi) is 20.6. The maximum absolute atomic E-state index is 4.76. The Morgan fingerprint density at radius 1 is 0.300 bits per heavy atom. The van der Waals surface area contributed by atoms with Crippen molar-refractivity contribution >= 4 is 54.5 Å². The third-order valence-corrected chi connectivity index (χ3v) is 27.1. The first-order valence-corrected chi connectivity index (χ1v) is 44.3. The van der Waals surface area contributed by atoms with Gasteiger partial charge >= 0.3 is 0 Å². The van der Waals surface area contributed by atoms with Crippen LogP contribution in [0.4, 0.5) is 0 Å². The number of pyridine rings is 3. The Hall–Kier alpha value is -10.9. The van der Waals surface area contributed by atoms with Gasteiger partial charge in [0.05, 0.1) is 39.0 Å². The van der Waals surface area contributed by atoms with E-state index in [-0.39, 0.29) is 37.9 Å². The molecule has 0 amide bonds. The molecule has 0 spiro atoms. The second kappa shape index (κ2) is 30.4. The fraction of sp³-hybridized carbons (Fsp3) is 0.354. The van der Waals surface area contributed by atoms with Gasteiger partial charge in [-0.15, -0.1) is 0 Å². The number of aromatic nitrogens is 7. The molecule has 120 heavy (non-hydrogen) atoms. The van der Waals surface area contributed by atoms with E-state index in [9.17, 15) is 0 Å². The average molecular weight is 1580 g/mol. The molecular formula is C113H121N7. The van der Waals surface area contributed by atoms with Crippen LogP contribution in [0.1, 0.15) is 265 Å². The van der Waals surface area contributed by atoms with E-state index in [0.717, 1.165) is 65.1 Å². The molecule has 6 aliphatic carbocycles. The minimum Gasteiger partial charge on any atom is -0.256 e. The molecule has 1 saturated carbocycles. The lowest BCUT2D eigenvalue weighted by atomic mass is 9.68. The molecule has 7 heteroatoms. The number of rotatable bonds is 7. The molecule has 0 unspecified atom stereocenters. The number of fused-ring (bicyclic) bond motifs is 10. The summed E-state index contributed by atoms with van der Waals surface area (Å²) in [5.41, 5.74) is 42.5. The topological polar surface area (TPSA) is 90.2 Å². The van der Waals surface area contributed by atoms with E-state index in [0.29, 0.717) is 11.8 Å². The van der Waals surface area contributed by atoms with E-state index in [1.807, 2.05) is 18.6 Å². The molecule has 0 aliphatic heterocycles. The van der Waals surface area contributed by atoms with Gasteiger partial charge in [-0.25, -0.2) is 19.9 Å². The highest BCUT2D eigenvalue weighted by atomic mass is 14.9. The van der Waals surface area contributed by atoms with Gasteiger partial charge in [0.15, 0.2) is 0 Å². The molecule has 608 valence electrons. The SMILES string of the molecule is CC(C)(C)Cc1cc2c3c(ccnc3c1)-c1ccccc1C2(C)C.CC(C)Cc1cc2c3c(ccnc3c1)-c1ccccc1C2(C)C.CC1(C)c2ccccc2-c2ccnc3cc(C4CCCC4)cc1c23.Cc1ccc2c(c1)-c1ncnc3cc(CC(C)(C)C)cc(c13)C2(C)C.Cc1ccc2c(c1)-c1ncnc3cc(CC(C)C)cc(c13)C2(C)C. The monoisotopic (exact) mass is 1580 g/mol. The molecule has 10 aromatic carbocycles. The fourth-order valence-electron chi connectivity index (χ4n) is 21.5. The van der Waals surface area contributed by atoms with Crippen LogP contribution in [0, 0.1) is 36.5 Å². The number of nitrogens with zero attached hydrogens (tertiary/aromatic N) is 7. The van der Waals surface area contributed by atoms with Gasteiger partial charge in [-0.2, -0.15) is 0 Å². The maximum atomic E-state index is 4.76. The number of aryl methyl sites for hydroxylation is 2. The standard InChI is InChI=1S/C23H26N2.C23H23N.C23H25N.C22H24N2.C22H23N/c1-14-7-8-17-16(9-14)21-20-18(23(17,5)6)10-15(12-22(2,3)4)11-19(20)24-13-25-21;1-23(2)19-10-6-5-9-17(19)18-11-12-24-21-14-16(13-20(23)22(18)21)15-7-3-4-8-15;1-22(2,3)14-15-12-19-21-17(10-11-24-20(21)13-15)16-8-6-7-9-18(16)23(19,4)5;1-13(2)8-15-10-18-20-19(11-15)23-12-24-21(20)16-9-14(3)6-7-17(16)22(18,4)5;1-14(2)11-15-12-19-21-17(9-10-23-20(21)13-15)16-7-5-6-8-18(16)22(19,3)4/h7-11,13H,12H2,1-6H3;5-6,9-15H,3-4,7-8H2,1-2H3;6-13H,14H2,1-5H3;6-7,9-13H,8H2,1-5H3;5-10,12-14H,11H2,1-4H3. The van der Waals surface area contributed by atoms with Gasteiger partial charge in [0.2, 0.25) is 0 Å². The predicted octanol–water partition coefficient (Wildman–Crippen LogP) is 29.3. The third kappa shape index (κ3) is 14.6. The zero-order valence-electron chi connectivity index (χ0n) is 75.3. The van der Waals surface area contributed by atoms with Gasteiger partial charge in [-0.1, -0.05) is 290 Å². The fourth-order valence-corrected chi connectivity index (χ4v) is 21.5. The van der Waals surface area contributed by atoms with E-state index in [1.54, 1.807) is 12.7 Å². The highest BCUT2D eigenvalue weighted by molar-refractivity contribution is 6.06. The first kappa shape index (κ1) is 81.5. The minimum absolute atomic E-state index is 0.00122. The van der Waals surface area contributed by atoms with Crippen LogP contribution in [0.5, 0.6) is 0 Å². The quantitative estimate of drug-likeness (QED) is 0.157. The molecule has 6 aliphatic rings. The van der Waals surface area contributed by atoms with Gasteiger partial charge < -0.3 is 0 Å². The highest BCUT2D eigenvalue weighted by Gasteiger charge is 2.41. The summed E-state index contributed by atoms with van der Waals surface area (Å²) in [4.78, 5) is 32.7. The third-order valence-electron chi connectivity index (χ3n) is 27.1. The van der Waals surface area contributed by atoms with Crippen LogP contribution >= 0.6 is 0 Å². The van der Waals surface area contributed by atoms with Crippen LogP contribution < -0.4 is 0 Å². The van der Waals surface area contributed by atoms with Crippen molar-refractivity contribution in [1.82, 2.24) is 34.9 Å². The lowest BCUT2D eigenvalue weighted by Crippen LogP contribution is -2.25. The van der Waals surface area contributed by atoms with Crippen LogP contribution in [0.15, 0.2) is 219 Å². The maximum Gasteiger partial charge on any atom is 0.116 e. The molecule has 0 N–H and O–H groups in total. The van der Waals surface area contributed by atoms with Crippen LogP contribution in [0.25, 0.3) is 110 Å². The summed E-state index contributed by atoms with van der Waals surface area (Å²) in [5, 5.41) is 6.49. The number of benzene rings is 10. The summed E-state index contributed by atoms with van der Waals surface area (Å²) in [5.74, 6) is 2.02. The molecule has 5 aromatic heterocycles. The summed E-state index contributed by atoms with van der Waals surface area (Å²) in [6.07, 6.45) is 19.0. The average Bonchev–Trinajstić information content (AvgIpc) is 0.752. The first-order valence-electron chi connectivity index (χ1n) is 44.3. The zero-order chi connectivity index (χ0) is 84.7. The largest absolute Gasteiger partial charge is 0.256 e. The van der Waals surface area contributed by atoms with Crippen molar-refractivity contribution in [2.75, 3.05) is 0 Å². The van der Waals surface area contributed by atoms with Crippen LogP contribution in [0.2, 0.25) is 0 Å². The van der Waals surface area contributed by atoms with E-state index in [1.165, 1.54) is 197 Å². The number of hydrogen-bond donors (Lipinski definition) is 0. The molecule has 7 nitrogen and oxygen atoms in total. The molecule has 0 bridgehead atoms.